The van der Waals surface area contributed by atoms with Crippen LogP contribution in [-0.2, 0) is 9.59 Å². The third-order valence-corrected chi connectivity index (χ3v) is 4.42. The average Bonchev–Trinajstić information content (AvgIpc) is 2.60. The van der Waals surface area contributed by atoms with Crippen LogP contribution in [-0.4, -0.2) is 12.6 Å². The summed E-state index contributed by atoms with van der Waals surface area (Å²) in [7, 11) is 0. The van der Waals surface area contributed by atoms with Crippen LogP contribution in [0.5, 0.6) is 0 Å². The van der Waals surface area contributed by atoms with Crippen molar-refractivity contribution in [3.05, 3.63) is 0 Å². The van der Waals surface area contributed by atoms with E-state index in [9.17, 15) is 9.59 Å². The van der Waals surface area contributed by atoms with Crippen LogP contribution in [0, 0.1) is 5.92 Å². The maximum atomic E-state index is 10.3. The molecule has 0 aromatic carbocycles. The summed E-state index contributed by atoms with van der Waals surface area (Å²) in [4.78, 5) is 20.2. The predicted octanol–water partition coefficient (Wildman–Crippen LogP) is 7.29. The van der Waals surface area contributed by atoms with Gasteiger partial charge in [-0.15, -0.1) is 0 Å². The lowest BCUT2D eigenvalue weighted by molar-refractivity contribution is -0.111. The van der Waals surface area contributed by atoms with E-state index >= 15 is 0 Å². The SMILES string of the molecule is CCCCCCCCC(C)C=O.CCCCCCCCCCC=O. The number of rotatable bonds is 17. The normalized spacial score (nSPS) is 11.5. The maximum Gasteiger partial charge on any atom is 0.122 e. The highest BCUT2D eigenvalue weighted by Crippen LogP contribution is 2.10. The second kappa shape index (κ2) is 24.6. The Morgan fingerprint density at radius 2 is 1.04 bits per heavy atom. The molecule has 0 radical (unpaired) electrons. The van der Waals surface area contributed by atoms with Gasteiger partial charge in [0.2, 0.25) is 0 Å². The first-order valence-electron chi connectivity index (χ1n) is 10.6. The molecule has 0 fully saturated rings. The van der Waals surface area contributed by atoms with Gasteiger partial charge < -0.3 is 9.59 Å². The van der Waals surface area contributed by atoms with Gasteiger partial charge in [-0.1, -0.05) is 104 Å². The summed E-state index contributed by atoms with van der Waals surface area (Å²) in [5.74, 6) is 0.274. The smallest absolute Gasteiger partial charge is 0.122 e. The Morgan fingerprint density at radius 3 is 1.46 bits per heavy atom. The average molecular weight is 341 g/mol. The van der Waals surface area contributed by atoms with Crippen molar-refractivity contribution < 1.29 is 9.59 Å². The van der Waals surface area contributed by atoms with Crippen LogP contribution in [0.15, 0.2) is 0 Å². The van der Waals surface area contributed by atoms with Crippen molar-refractivity contribution in [2.24, 2.45) is 5.92 Å². The molecule has 0 N–H and O–H groups in total. The molecule has 0 aliphatic carbocycles. The minimum absolute atomic E-state index is 0.274. The molecule has 0 bridgehead atoms. The largest absolute Gasteiger partial charge is 0.303 e. The van der Waals surface area contributed by atoms with Crippen LogP contribution < -0.4 is 0 Å². The Morgan fingerprint density at radius 1 is 0.625 bits per heavy atom. The second-order valence-electron chi connectivity index (χ2n) is 7.10. The van der Waals surface area contributed by atoms with Crippen LogP contribution in [0.2, 0.25) is 0 Å². The highest BCUT2D eigenvalue weighted by molar-refractivity contribution is 5.52. The molecular formula is C22H44O2. The molecule has 0 aromatic rings. The van der Waals surface area contributed by atoms with E-state index in [1.165, 1.54) is 83.5 Å². The number of hydrogen-bond donors (Lipinski definition) is 0. The van der Waals surface area contributed by atoms with Crippen molar-refractivity contribution in [3.63, 3.8) is 0 Å². The van der Waals surface area contributed by atoms with E-state index in [0.717, 1.165) is 31.8 Å². The van der Waals surface area contributed by atoms with Crippen molar-refractivity contribution in [2.75, 3.05) is 0 Å². The van der Waals surface area contributed by atoms with Crippen molar-refractivity contribution in [2.45, 2.75) is 124 Å². The monoisotopic (exact) mass is 340 g/mol. The fraction of sp³-hybridized carbons (Fsp3) is 0.909. The molecule has 0 rings (SSSR count). The summed E-state index contributed by atoms with van der Waals surface area (Å²) in [6.45, 7) is 6.47. The van der Waals surface area contributed by atoms with Crippen molar-refractivity contribution in [1.29, 1.82) is 0 Å². The summed E-state index contributed by atoms with van der Waals surface area (Å²) in [6, 6.07) is 0. The molecule has 0 saturated heterocycles. The van der Waals surface area contributed by atoms with Gasteiger partial charge >= 0.3 is 0 Å². The highest BCUT2D eigenvalue weighted by atomic mass is 16.1. The minimum Gasteiger partial charge on any atom is -0.303 e. The first-order chi connectivity index (χ1) is 11.7. The maximum absolute atomic E-state index is 10.3. The summed E-state index contributed by atoms with van der Waals surface area (Å²) in [6.07, 6.45) is 22.3. The summed E-state index contributed by atoms with van der Waals surface area (Å²) in [5.41, 5.74) is 0. The summed E-state index contributed by atoms with van der Waals surface area (Å²) in [5, 5.41) is 0. The lowest BCUT2D eigenvalue weighted by Crippen LogP contribution is -1.94. The zero-order valence-electron chi connectivity index (χ0n) is 16.9. The van der Waals surface area contributed by atoms with E-state index in [1.54, 1.807) is 0 Å². The van der Waals surface area contributed by atoms with Gasteiger partial charge in [0.15, 0.2) is 0 Å². The fourth-order valence-electron chi connectivity index (χ4n) is 2.68. The van der Waals surface area contributed by atoms with Crippen LogP contribution >= 0.6 is 0 Å². The predicted molar refractivity (Wildman–Crippen MR) is 107 cm³/mol. The minimum atomic E-state index is 0.274. The molecule has 0 amide bonds. The lowest BCUT2D eigenvalue weighted by atomic mass is 10.0. The lowest BCUT2D eigenvalue weighted by Gasteiger charge is -2.02. The number of carbonyl (C=O) groups excluding carboxylic acids is 2. The molecule has 24 heavy (non-hydrogen) atoms. The van der Waals surface area contributed by atoms with Gasteiger partial charge in [-0.05, 0) is 12.8 Å². The molecule has 1 atom stereocenters. The highest BCUT2D eigenvalue weighted by Gasteiger charge is 1.98. The van der Waals surface area contributed by atoms with Crippen molar-refractivity contribution in [3.8, 4) is 0 Å². The van der Waals surface area contributed by atoms with Gasteiger partial charge in [-0.25, -0.2) is 0 Å². The third kappa shape index (κ3) is 26.2. The fourth-order valence-corrected chi connectivity index (χ4v) is 2.68. The van der Waals surface area contributed by atoms with E-state index in [4.69, 9.17) is 0 Å². The van der Waals surface area contributed by atoms with E-state index in [-0.39, 0.29) is 5.92 Å². The zero-order chi connectivity index (χ0) is 18.3. The van der Waals surface area contributed by atoms with Gasteiger partial charge in [0, 0.05) is 12.3 Å². The third-order valence-electron chi connectivity index (χ3n) is 4.42. The van der Waals surface area contributed by atoms with Gasteiger partial charge in [-0.2, -0.15) is 0 Å². The number of unbranched alkanes of at least 4 members (excludes halogenated alkanes) is 13. The standard InChI is InChI=1S/2C11H22O/c1-3-4-5-6-7-8-9-11(2)10-12;1-2-3-4-5-6-7-8-9-10-11-12/h10-11H,3-9H2,1-2H3;11H,2-10H2,1H3. The van der Waals surface area contributed by atoms with E-state index in [2.05, 4.69) is 13.8 Å². The first kappa shape index (κ1) is 25.6. The van der Waals surface area contributed by atoms with Gasteiger partial charge in [0.05, 0.1) is 0 Å². The summed E-state index contributed by atoms with van der Waals surface area (Å²) >= 11 is 0. The molecule has 2 nitrogen and oxygen atoms in total. The van der Waals surface area contributed by atoms with E-state index < -0.39 is 0 Å². The molecule has 144 valence electrons. The van der Waals surface area contributed by atoms with Crippen molar-refractivity contribution >= 4 is 12.6 Å². The molecule has 0 spiro atoms. The first-order valence-corrected chi connectivity index (χ1v) is 10.6. The van der Waals surface area contributed by atoms with Crippen LogP contribution in [0.1, 0.15) is 124 Å². The van der Waals surface area contributed by atoms with E-state index in [0.29, 0.717) is 0 Å². The molecule has 2 heteroatoms. The Balaban J connectivity index is 0. The molecule has 0 aliphatic rings. The Labute approximate surface area is 152 Å². The topological polar surface area (TPSA) is 34.1 Å². The Hall–Kier alpha value is -0.660. The second-order valence-corrected chi connectivity index (χ2v) is 7.10. The van der Waals surface area contributed by atoms with Crippen LogP contribution in [0.3, 0.4) is 0 Å². The zero-order valence-corrected chi connectivity index (χ0v) is 16.9. The molecule has 0 aliphatic heterocycles. The molecule has 0 heterocycles. The number of aldehydes is 2. The van der Waals surface area contributed by atoms with Crippen molar-refractivity contribution in [1.82, 2.24) is 0 Å². The Bertz CT molecular complexity index is 238. The quantitative estimate of drug-likeness (QED) is 0.206. The van der Waals surface area contributed by atoms with Gasteiger partial charge in [0.1, 0.15) is 12.6 Å². The molecule has 0 aromatic heterocycles. The van der Waals surface area contributed by atoms with Crippen LogP contribution in [0.25, 0.3) is 0 Å². The van der Waals surface area contributed by atoms with Crippen LogP contribution in [0.4, 0.5) is 0 Å². The van der Waals surface area contributed by atoms with Gasteiger partial charge in [0.25, 0.3) is 0 Å². The molecular weight excluding hydrogens is 296 g/mol. The number of carbonyl (C=O) groups is 2. The summed E-state index contributed by atoms with van der Waals surface area (Å²) < 4.78 is 0. The molecule has 1 unspecified atom stereocenters. The molecule has 0 saturated carbocycles. The van der Waals surface area contributed by atoms with E-state index in [1.807, 2.05) is 6.92 Å². The Kier molecular flexibility index (Phi) is 26.2. The number of hydrogen-bond acceptors (Lipinski definition) is 2. The van der Waals surface area contributed by atoms with Gasteiger partial charge in [-0.3, -0.25) is 0 Å².